The smallest absolute Gasteiger partial charge is 0.113 e. The van der Waals surface area contributed by atoms with E-state index in [1.807, 2.05) is 6.07 Å². The molecule has 0 aromatic carbocycles. The van der Waals surface area contributed by atoms with Crippen molar-refractivity contribution in [2.45, 2.75) is 31.2 Å². The van der Waals surface area contributed by atoms with Crippen LogP contribution in [0.1, 0.15) is 12.8 Å². The van der Waals surface area contributed by atoms with Gasteiger partial charge in [-0.25, -0.2) is 0 Å². The molecule has 0 aromatic rings. The molecular weight excluding hydrogens is 182 g/mol. The van der Waals surface area contributed by atoms with Gasteiger partial charge >= 0.3 is 0 Å². The van der Waals surface area contributed by atoms with Crippen molar-refractivity contribution in [3.8, 4) is 6.07 Å². The second-order valence-corrected chi connectivity index (χ2v) is 3.31. The minimum absolute atomic E-state index is 0.0918. The summed E-state index contributed by atoms with van der Waals surface area (Å²) in [6.07, 6.45) is 1.67. The van der Waals surface area contributed by atoms with Crippen LogP contribution in [-0.2, 0) is 9.47 Å². The molecule has 1 rings (SSSR count). The molecule has 4 nitrogen and oxygen atoms in total. The van der Waals surface area contributed by atoms with E-state index in [0.717, 1.165) is 12.0 Å². The minimum atomic E-state index is -0.724. The third-order valence-electron chi connectivity index (χ3n) is 2.60. The van der Waals surface area contributed by atoms with Crippen LogP contribution in [0.4, 0.5) is 0 Å². The Bertz CT molecular complexity index is 257. The van der Waals surface area contributed by atoms with Crippen LogP contribution in [-0.4, -0.2) is 37.6 Å². The van der Waals surface area contributed by atoms with Gasteiger partial charge in [0, 0.05) is 20.3 Å². The second kappa shape index (κ2) is 5.11. The molecule has 0 bridgehead atoms. The topological polar surface area (TPSA) is 62.5 Å². The number of nitriles is 1. The van der Waals surface area contributed by atoms with Crippen molar-refractivity contribution in [1.82, 2.24) is 0 Å². The highest BCUT2D eigenvalue weighted by molar-refractivity contribution is 5.21. The van der Waals surface area contributed by atoms with Crippen molar-refractivity contribution in [1.29, 1.82) is 5.26 Å². The number of rotatable bonds is 2. The molecule has 1 saturated carbocycles. The first-order valence-corrected chi connectivity index (χ1v) is 4.56. The lowest BCUT2D eigenvalue weighted by molar-refractivity contribution is -0.0988. The van der Waals surface area contributed by atoms with E-state index in [4.69, 9.17) is 14.7 Å². The maximum Gasteiger partial charge on any atom is 0.113 e. The van der Waals surface area contributed by atoms with Crippen LogP contribution in [0.15, 0.2) is 11.6 Å². The zero-order valence-electron chi connectivity index (χ0n) is 8.43. The number of allylic oxidation sites excluding steroid dienone is 1. The summed E-state index contributed by atoms with van der Waals surface area (Å²) in [5.41, 5.74) is 0.729. The summed E-state index contributed by atoms with van der Waals surface area (Å²) in [6, 6.07) is 1.93. The molecule has 78 valence electrons. The normalized spacial score (nSPS) is 35.6. The molecule has 0 amide bonds. The molecule has 0 radical (unpaired) electrons. The lowest BCUT2D eigenvalue weighted by Crippen LogP contribution is -2.44. The number of ether oxygens (including phenoxy) is 2. The molecule has 14 heavy (non-hydrogen) atoms. The van der Waals surface area contributed by atoms with Crippen molar-refractivity contribution in [3.05, 3.63) is 11.6 Å². The second-order valence-electron chi connectivity index (χ2n) is 3.31. The van der Waals surface area contributed by atoms with E-state index in [0.29, 0.717) is 6.42 Å². The molecule has 1 aliphatic rings. The molecule has 0 aromatic heterocycles. The molecule has 0 heterocycles. The van der Waals surface area contributed by atoms with Gasteiger partial charge in [-0.05, 0) is 18.4 Å². The highest BCUT2D eigenvalue weighted by atomic mass is 16.5. The molecule has 4 heteroatoms. The number of hydrogen-bond donors (Lipinski definition) is 1. The molecule has 0 aliphatic heterocycles. The maximum absolute atomic E-state index is 9.84. The van der Waals surface area contributed by atoms with Gasteiger partial charge < -0.3 is 14.6 Å². The van der Waals surface area contributed by atoms with Gasteiger partial charge in [-0.3, -0.25) is 0 Å². The quantitative estimate of drug-likeness (QED) is 0.659. The predicted octanol–water partition coefficient (Wildman–Crippen LogP) is 0.621. The van der Waals surface area contributed by atoms with E-state index in [-0.39, 0.29) is 12.2 Å². The summed E-state index contributed by atoms with van der Waals surface area (Å²) >= 11 is 0. The summed E-state index contributed by atoms with van der Waals surface area (Å²) in [7, 11) is 3.14. The Morgan fingerprint density at radius 2 is 2.21 bits per heavy atom. The van der Waals surface area contributed by atoms with Gasteiger partial charge in [0.2, 0.25) is 0 Å². The van der Waals surface area contributed by atoms with Crippen LogP contribution >= 0.6 is 0 Å². The average Bonchev–Trinajstić information content (AvgIpc) is 2.21. The summed E-state index contributed by atoms with van der Waals surface area (Å²) < 4.78 is 10.4. The highest BCUT2D eigenvalue weighted by Gasteiger charge is 2.35. The zero-order chi connectivity index (χ0) is 10.6. The summed E-state index contributed by atoms with van der Waals surface area (Å²) in [5, 5.41) is 18.3. The van der Waals surface area contributed by atoms with E-state index in [1.165, 1.54) is 13.2 Å². The largest absolute Gasteiger partial charge is 0.386 e. The summed E-state index contributed by atoms with van der Waals surface area (Å²) in [4.78, 5) is 0. The number of nitrogens with zero attached hydrogens (tertiary/aromatic N) is 1. The van der Waals surface area contributed by atoms with Crippen LogP contribution in [0.3, 0.4) is 0 Å². The standard InChI is InChI=1S/C10H15NO3/c1-13-8-4-3-7(5-6-11)9(12)10(8)14-2/h5,8-10,12H,3-4H2,1-2H3/b7-5-/t8-,9-,10-/m0/s1. The first-order valence-electron chi connectivity index (χ1n) is 4.56. The number of methoxy groups -OCH3 is 2. The molecule has 0 unspecified atom stereocenters. The number of hydrogen-bond acceptors (Lipinski definition) is 4. The van der Waals surface area contributed by atoms with Crippen LogP contribution in [0.5, 0.6) is 0 Å². The van der Waals surface area contributed by atoms with E-state index in [9.17, 15) is 5.11 Å². The first-order chi connectivity index (χ1) is 6.74. The Hall–Kier alpha value is -0.890. The molecule has 0 saturated heterocycles. The SMILES string of the molecule is CO[C@H]1[C@@H](OC)CC/C(=C/C#N)[C@@H]1O. The molecule has 1 fully saturated rings. The lowest BCUT2D eigenvalue weighted by Gasteiger charge is -2.34. The van der Waals surface area contributed by atoms with Gasteiger partial charge in [-0.2, -0.15) is 5.26 Å². The van der Waals surface area contributed by atoms with E-state index >= 15 is 0 Å². The Labute approximate surface area is 83.7 Å². The van der Waals surface area contributed by atoms with E-state index < -0.39 is 6.10 Å². The first kappa shape index (κ1) is 11.2. The average molecular weight is 197 g/mol. The minimum Gasteiger partial charge on any atom is -0.386 e. The Kier molecular flexibility index (Phi) is 4.08. The summed E-state index contributed by atoms with van der Waals surface area (Å²) in [6.45, 7) is 0. The molecule has 1 aliphatic carbocycles. The fraction of sp³-hybridized carbons (Fsp3) is 0.700. The van der Waals surface area contributed by atoms with Gasteiger partial charge in [0.25, 0.3) is 0 Å². The van der Waals surface area contributed by atoms with Gasteiger partial charge in [0.1, 0.15) is 12.2 Å². The fourth-order valence-electron chi connectivity index (χ4n) is 1.81. The van der Waals surface area contributed by atoms with Crippen LogP contribution < -0.4 is 0 Å². The van der Waals surface area contributed by atoms with Crippen molar-refractivity contribution < 1.29 is 14.6 Å². The van der Waals surface area contributed by atoms with Crippen LogP contribution in [0, 0.1) is 11.3 Å². The van der Waals surface area contributed by atoms with E-state index in [2.05, 4.69) is 0 Å². The van der Waals surface area contributed by atoms with Gasteiger partial charge in [0.05, 0.1) is 12.2 Å². The highest BCUT2D eigenvalue weighted by Crippen LogP contribution is 2.27. The van der Waals surface area contributed by atoms with Crippen LogP contribution in [0.25, 0.3) is 0 Å². The van der Waals surface area contributed by atoms with Crippen molar-refractivity contribution in [3.63, 3.8) is 0 Å². The fourth-order valence-corrected chi connectivity index (χ4v) is 1.81. The molecule has 3 atom stereocenters. The molecular formula is C10H15NO3. The van der Waals surface area contributed by atoms with Gasteiger partial charge in [-0.1, -0.05) is 0 Å². The summed E-state index contributed by atoms with van der Waals surface area (Å²) in [5.74, 6) is 0. The van der Waals surface area contributed by atoms with Crippen molar-refractivity contribution >= 4 is 0 Å². The molecule has 0 spiro atoms. The van der Waals surface area contributed by atoms with Gasteiger partial charge in [0.15, 0.2) is 0 Å². The Morgan fingerprint density at radius 1 is 1.50 bits per heavy atom. The van der Waals surface area contributed by atoms with E-state index in [1.54, 1.807) is 7.11 Å². The van der Waals surface area contributed by atoms with Crippen LogP contribution in [0.2, 0.25) is 0 Å². The Morgan fingerprint density at radius 3 is 2.71 bits per heavy atom. The number of aliphatic hydroxyl groups is 1. The third kappa shape index (κ3) is 2.13. The Balaban J connectivity index is 2.77. The monoisotopic (exact) mass is 197 g/mol. The third-order valence-corrected chi connectivity index (χ3v) is 2.60. The number of aliphatic hydroxyl groups excluding tert-OH is 1. The maximum atomic E-state index is 9.84. The van der Waals surface area contributed by atoms with Gasteiger partial charge in [-0.15, -0.1) is 0 Å². The predicted molar refractivity (Wildman–Crippen MR) is 50.5 cm³/mol. The zero-order valence-corrected chi connectivity index (χ0v) is 8.43. The molecule has 1 N–H and O–H groups in total. The van der Waals surface area contributed by atoms with Crippen molar-refractivity contribution in [2.24, 2.45) is 0 Å². The van der Waals surface area contributed by atoms with Crippen molar-refractivity contribution in [2.75, 3.05) is 14.2 Å². The lowest BCUT2D eigenvalue weighted by atomic mass is 9.87.